The zero-order valence-electron chi connectivity index (χ0n) is 12.6. The first kappa shape index (κ1) is 18.0. The quantitative estimate of drug-likeness (QED) is 0.740. The Bertz CT molecular complexity index is 764. The van der Waals surface area contributed by atoms with Gasteiger partial charge >= 0.3 is 6.03 Å². The molecule has 2 aromatic rings. The van der Waals surface area contributed by atoms with Crippen molar-refractivity contribution in [3.63, 3.8) is 0 Å². The van der Waals surface area contributed by atoms with E-state index in [1.807, 2.05) is 0 Å². The number of carbonyl (C=O) groups excluding carboxylic acids is 2. The fourth-order valence-electron chi connectivity index (χ4n) is 1.98. The third-order valence-electron chi connectivity index (χ3n) is 2.93. The van der Waals surface area contributed by atoms with Crippen molar-refractivity contribution in [3.8, 4) is 0 Å². The van der Waals surface area contributed by atoms with E-state index in [4.69, 9.17) is 23.2 Å². The van der Waals surface area contributed by atoms with E-state index in [1.54, 1.807) is 6.92 Å². The molecule has 3 N–H and O–H groups in total. The van der Waals surface area contributed by atoms with E-state index in [0.717, 1.165) is 12.1 Å². The largest absolute Gasteiger partial charge is 0.352 e. The maximum Gasteiger partial charge on any atom is 0.323 e. The Morgan fingerprint density at radius 2 is 1.71 bits per heavy atom. The minimum Gasteiger partial charge on any atom is -0.352 e. The molecule has 0 radical (unpaired) electrons. The summed E-state index contributed by atoms with van der Waals surface area (Å²) in [5, 5.41) is 8.26. The van der Waals surface area contributed by atoms with E-state index < -0.39 is 17.8 Å². The highest BCUT2D eigenvalue weighted by atomic mass is 35.5. The van der Waals surface area contributed by atoms with Crippen LogP contribution in [0.2, 0.25) is 10.0 Å². The zero-order valence-corrected chi connectivity index (χ0v) is 14.1. The van der Waals surface area contributed by atoms with E-state index in [0.29, 0.717) is 22.3 Å². The molecule has 0 aromatic heterocycles. The van der Waals surface area contributed by atoms with Gasteiger partial charge in [0.05, 0.1) is 11.3 Å². The highest BCUT2D eigenvalue weighted by molar-refractivity contribution is 6.35. The lowest BCUT2D eigenvalue weighted by molar-refractivity contribution is 0.0956. The Morgan fingerprint density at radius 1 is 1.04 bits per heavy atom. The molecule has 0 saturated heterocycles. The smallest absolute Gasteiger partial charge is 0.323 e. The third-order valence-corrected chi connectivity index (χ3v) is 3.37. The van der Waals surface area contributed by atoms with Crippen molar-refractivity contribution < 1.29 is 14.0 Å². The summed E-state index contributed by atoms with van der Waals surface area (Å²) in [7, 11) is 0. The Labute approximate surface area is 148 Å². The van der Waals surface area contributed by atoms with Crippen LogP contribution in [0.3, 0.4) is 0 Å². The fraction of sp³-hybridized carbons (Fsp3) is 0.125. The van der Waals surface area contributed by atoms with Gasteiger partial charge in [0, 0.05) is 22.3 Å². The Balaban J connectivity index is 2.18. The molecule has 0 saturated carbocycles. The molecule has 0 heterocycles. The molecule has 0 spiro atoms. The highest BCUT2D eigenvalue weighted by Gasteiger charge is 2.14. The van der Waals surface area contributed by atoms with E-state index in [9.17, 15) is 14.0 Å². The van der Waals surface area contributed by atoms with Gasteiger partial charge in [0.1, 0.15) is 5.82 Å². The van der Waals surface area contributed by atoms with Gasteiger partial charge in [0.25, 0.3) is 5.91 Å². The standard InChI is InChI=1S/C16H14Cl2FN3O2/c1-2-20-15(23)13-4-3-11(19)8-14(13)22-16(24)21-12-6-9(17)5-10(18)7-12/h3-8H,2H2,1H3,(H,20,23)(H2,21,22,24). The summed E-state index contributed by atoms with van der Waals surface area (Å²) >= 11 is 11.7. The number of benzene rings is 2. The first-order valence-corrected chi connectivity index (χ1v) is 7.76. The third kappa shape index (κ3) is 4.84. The summed E-state index contributed by atoms with van der Waals surface area (Å²) in [5.74, 6) is -0.997. The summed E-state index contributed by atoms with van der Waals surface area (Å²) < 4.78 is 13.4. The van der Waals surface area contributed by atoms with Crippen LogP contribution in [0.5, 0.6) is 0 Å². The van der Waals surface area contributed by atoms with Crippen molar-refractivity contribution in [2.75, 3.05) is 17.2 Å². The van der Waals surface area contributed by atoms with Crippen LogP contribution in [0.4, 0.5) is 20.6 Å². The summed E-state index contributed by atoms with van der Waals surface area (Å²) in [5.41, 5.74) is 0.560. The first-order valence-electron chi connectivity index (χ1n) is 7.01. The van der Waals surface area contributed by atoms with Crippen LogP contribution in [-0.2, 0) is 0 Å². The Morgan fingerprint density at radius 3 is 2.33 bits per heavy atom. The second-order valence-electron chi connectivity index (χ2n) is 4.79. The number of halogens is 3. The van der Waals surface area contributed by atoms with E-state index in [-0.39, 0.29) is 11.3 Å². The van der Waals surface area contributed by atoms with Gasteiger partial charge in [0.2, 0.25) is 0 Å². The molecule has 126 valence electrons. The monoisotopic (exact) mass is 369 g/mol. The highest BCUT2D eigenvalue weighted by Crippen LogP contribution is 2.23. The fourth-order valence-corrected chi connectivity index (χ4v) is 2.51. The van der Waals surface area contributed by atoms with Crippen LogP contribution in [0.15, 0.2) is 36.4 Å². The van der Waals surface area contributed by atoms with Crippen molar-refractivity contribution in [1.82, 2.24) is 5.32 Å². The molecule has 0 aliphatic rings. The van der Waals surface area contributed by atoms with Crippen LogP contribution < -0.4 is 16.0 Å². The van der Waals surface area contributed by atoms with Gasteiger partial charge in [-0.3, -0.25) is 4.79 Å². The molecule has 0 aliphatic carbocycles. The molecule has 0 fully saturated rings. The Hall–Kier alpha value is -2.31. The van der Waals surface area contributed by atoms with Gasteiger partial charge in [-0.2, -0.15) is 0 Å². The molecule has 5 nitrogen and oxygen atoms in total. The molecule has 0 bridgehead atoms. The first-order chi connectivity index (χ1) is 11.4. The molecule has 0 unspecified atom stereocenters. The second-order valence-corrected chi connectivity index (χ2v) is 5.66. The second kappa shape index (κ2) is 7.99. The number of urea groups is 1. The van der Waals surface area contributed by atoms with Crippen molar-refractivity contribution in [1.29, 1.82) is 0 Å². The lowest BCUT2D eigenvalue weighted by atomic mass is 10.1. The number of rotatable bonds is 4. The normalized spacial score (nSPS) is 10.2. The van der Waals surface area contributed by atoms with Gasteiger partial charge in [-0.05, 0) is 43.3 Å². The summed E-state index contributed by atoms with van der Waals surface area (Å²) in [4.78, 5) is 24.1. The average Bonchev–Trinajstić information content (AvgIpc) is 2.46. The molecule has 8 heteroatoms. The molecule has 0 aliphatic heterocycles. The Kier molecular flexibility index (Phi) is 6.00. The van der Waals surface area contributed by atoms with Crippen molar-refractivity contribution in [3.05, 3.63) is 57.8 Å². The number of hydrogen-bond acceptors (Lipinski definition) is 2. The van der Waals surface area contributed by atoms with E-state index >= 15 is 0 Å². The predicted molar refractivity (Wildman–Crippen MR) is 93.5 cm³/mol. The SMILES string of the molecule is CCNC(=O)c1ccc(F)cc1NC(=O)Nc1cc(Cl)cc(Cl)c1. The van der Waals surface area contributed by atoms with E-state index in [2.05, 4.69) is 16.0 Å². The maximum atomic E-state index is 13.4. The number of nitrogens with one attached hydrogen (secondary N) is 3. The average molecular weight is 370 g/mol. The number of amides is 3. The molecule has 24 heavy (non-hydrogen) atoms. The lowest BCUT2D eigenvalue weighted by Crippen LogP contribution is -2.26. The number of anilines is 2. The predicted octanol–water partition coefficient (Wildman–Crippen LogP) is 4.53. The van der Waals surface area contributed by atoms with Gasteiger partial charge in [0.15, 0.2) is 0 Å². The van der Waals surface area contributed by atoms with Crippen LogP contribution in [0.25, 0.3) is 0 Å². The molecule has 2 rings (SSSR count). The van der Waals surface area contributed by atoms with E-state index in [1.165, 1.54) is 24.3 Å². The lowest BCUT2D eigenvalue weighted by Gasteiger charge is -2.12. The number of carbonyl (C=O) groups is 2. The summed E-state index contributed by atoms with van der Waals surface area (Å²) in [6, 6.07) is 7.37. The minimum absolute atomic E-state index is 0.0478. The molecule has 3 amide bonds. The zero-order chi connectivity index (χ0) is 17.7. The molecular weight excluding hydrogens is 356 g/mol. The van der Waals surface area contributed by atoms with Crippen LogP contribution in [0.1, 0.15) is 17.3 Å². The van der Waals surface area contributed by atoms with Crippen molar-refractivity contribution in [2.24, 2.45) is 0 Å². The number of hydrogen-bond donors (Lipinski definition) is 3. The van der Waals surface area contributed by atoms with Gasteiger partial charge in [-0.15, -0.1) is 0 Å². The van der Waals surface area contributed by atoms with Crippen LogP contribution in [-0.4, -0.2) is 18.5 Å². The van der Waals surface area contributed by atoms with Crippen molar-refractivity contribution >= 4 is 46.5 Å². The van der Waals surface area contributed by atoms with Crippen LogP contribution >= 0.6 is 23.2 Å². The van der Waals surface area contributed by atoms with Crippen molar-refractivity contribution in [2.45, 2.75) is 6.92 Å². The molecule has 2 aromatic carbocycles. The summed E-state index contributed by atoms with van der Waals surface area (Å²) in [6.07, 6.45) is 0. The van der Waals surface area contributed by atoms with Gasteiger partial charge < -0.3 is 16.0 Å². The molecular formula is C16H14Cl2FN3O2. The van der Waals surface area contributed by atoms with Gasteiger partial charge in [-0.25, -0.2) is 9.18 Å². The minimum atomic E-state index is -0.663. The maximum absolute atomic E-state index is 13.4. The topological polar surface area (TPSA) is 70.2 Å². The van der Waals surface area contributed by atoms with Crippen LogP contribution in [0, 0.1) is 5.82 Å². The summed E-state index contributed by atoms with van der Waals surface area (Å²) in [6.45, 7) is 2.16. The van der Waals surface area contributed by atoms with Gasteiger partial charge in [-0.1, -0.05) is 23.2 Å². The molecule has 0 atom stereocenters.